The van der Waals surface area contributed by atoms with Crippen molar-refractivity contribution in [1.82, 2.24) is 4.98 Å². The van der Waals surface area contributed by atoms with Crippen LogP contribution in [0.2, 0.25) is 0 Å². The maximum atomic E-state index is 12.0. The Morgan fingerprint density at radius 1 is 1.47 bits per heavy atom. The van der Waals surface area contributed by atoms with Crippen LogP contribution < -0.4 is 0 Å². The molecule has 2 nitrogen and oxygen atoms in total. The first-order valence-electron chi connectivity index (χ1n) is 5.07. The van der Waals surface area contributed by atoms with Crippen molar-refractivity contribution in [3.05, 3.63) is 16.1 Å². The number of halogens is 3. The molecule has 0 fully saturated rings. The second-order valence-corrected chi connectivity index (χ2v) is 5.82. The highest BCUT2D eigenvalue weighted by atomic mass is 32.2. The molecule has 1 aromatic heterocycles. The molecular formula is C10H14F3NOS2. The number of aliphatic hydroxyl groups excluding tert-OH is 1. The van der Waals surface area contributed by atoms with Gasteiger partial charge in [-0.15, -0.1) is 11.3 Å². The summed E-state index contributed by atoms with van der Waals surface area (Å²) in [6.07, 6.45) is -6.78. The zero-order chi connectivity index (χ0) is 13.1. The molecule has 1 rings (SSSR count). The Hall–Kier alpha value is -0.270. The molecule has 0 radical (unpaired) electrons. The predicted molar refractivity (Wildman–Crippen MR) is 64.4 cm³/mol. The summed E-state index contributed by atoms with van der Waals surface area (Å²) >= 11 is 2.55. The molecule has 1 unspecified atom stereocenters. The molecular weight excluding hydrogens is 271 g/mol. The lowest BCUT2D eigenvalue weighted by molar-refractivity contribution is -0.195. The van der Waals surface area contributed by atoms with Gasteiger partial charge in [-0.1, -0.05) is 13.8 Å². The van der Waals surface area contributed by atoms with E-state index in [1.54, 1.807) is 0 Å². The third kappa shape index (κ3) is 4.85. The van der Waals surface area contributed by atoms with Crippen molar-refractivity contribution in [2.45, 2.75) is 37.8 Å². The van der Waals surface area contributed by atoms with Crippen molar-refractivity contribution in [1.29, 1.82) is 0 Å². The highest BCUT2D eigenvalue weighted by molar-refractivity contribution is 7.98. The summed E-state index contributed by atoms with van der Waals surface area (Å²) in [5.74, 6) is 0.383. The van der Waals surface area contributed by atoms with Gasteiger partial charge in [-0.05, 0) is 0 Å². The number of aromatic nitrogens is 1. The molecule has 1 N–H and O–H groups in total. The molecule has 7 heteroatoms. The number of aliphatic hydroxyl groups is 1. The Morgan fingerprint density at radius 2 is 2.12 bits per heavy atom. The second-order valence-electron chi connectivity index (χ2n) is 3.90. The van der Waals surface area contributed by atoms with Gasteiger partial charge in [0, 0.05) is 22.8 Å². The van der Waals surface area contributed by atoms with Crippen LogP contribution in [0.5, 0.6) is 0 Å². The number of hydrogen-bond donors (Lipinski definition) is 1. The van der Waals surface area contributed by atoms with Crippen molar-refractivity contribution in [2.75, 3.05) is 5.75 Å². The van der Waals surface area contributed by atoms with E-state index in [1.165, 1.54) is 11.3 Å². The highest BCUT2D eigenvalue weighted by Gasteiger charge is 2.37. The minimum Gasteiger partial charge on any atom is -0.383 e. The van der Waals surface area contributed by atoms with E-state index in [-0.39, 0.29) is 5.75 Å². The number of hydrogen-bond acceptors (Lipinski definition) is 4. The molecule has 0 aliphatic rings. The molecule has 17 heavy (non-hydrogen) atoms. The molecule has 0 aliphatic carbocycles. The van der Waals surface area contributed by atoms with Crippen LogP contribution in [0.15, 0.2) is 5.38 Å². The molecule has 1 aromatic rings. The summed E-state index contributed by atoms with van der Waals surface area (Å²) < 4.78 is 36.0. The van der Waals surface area contributed by atoms with Crippen molar-refractivity contribution in [3.63, 3.8) is 0 Å². The van der Waals surface area contributed by atoms with Gasteiger partial charge in [-0.25, -0.2) is 4.98 Å². The largest absolute Gasteiger partial charge is 0.415 e. The van der Waals surface area contributed by atoms with Gasteiger partial charge in [0.15, 0.2) is 6.10 Å². The molecule has 0 bridgehead atoms. The fourth-order valence-electron chi connectivity index (χ4n) is 1.02. The molecule has 0 saturated carbocycles. The lowest BCUT2D eigenvalue weighted by Crippen LogP contribution is -2.30. The lowest BCUT2D eigenvalue weighted by atomic mass is 10.2. The zero-order valence-corrected chi connectivity index (χ0v) is 11.1. The minimum atomic E-state index is -4.53. The average molecular weight is 285 g/mol. The van der Waals surface area contributed by atoms with Gasteiger partial charge in [-0.3, -0.25) is 0 Å². The van der Waals surface area contributed by atoms with Crippen LogP contribution >= 0.6 is 23.1 Å². The van der Waals surface area contributed by atoms with E-state index >= 15 is 0 Å². The first-order chi connectivity index (χ1) is 7.80. The van der Waals surface area contributed by atoms with E-state index in [1.807, 2.05) is 19.2 Å². The van der Waals surface area contributed by atoms with Crippen LogP contribution in [-0.2, 0) is 5.75 Å². The first-order valence-corrected chi connectivity index (χ1v) is 7.11. The fraction of sp³-hybridized carbons (Fsp3) is 0.700. The Balaban J connectivity index is 2.36. The van der Waals surface area contributed by atoms with E-state index in [4.69, 9.17) is 5.11 Å². The van der Waals surface area contributed by atoms with Crippen molar-refractivity contribution >= 4 is 23.1 Å². The maximum Gasteiger partial charge on any atom is 0.415 e. The Bertz CT molecular complexity index is 352. The van der Waals surface area contributed by atoms with Crippen molar-refractivity contribution in [2.24, 2.45) is 0 Å². The van der Waals surface area contributed by atoms with Crippen LogP contribution in [0.3, 0.4) is 0 Å². The molecule has 98 valence electrons. The number of nitrogens with zero attached hydrogens (tertiary/aromatic N) is 1. The highest BCUT2D eigenvalue weighted by Crippen LogP contribution is 2.26. The number of thioether (sulfide) groups is 1. The monoisotopic (exact) mass is 285 g/mol. The van der Waals surface area contributed by atoms with Crippen LogP contribution in [-0.4, -0.2) is 28.1 Å². The molecule has 1 atom stereocenters. The van der Waals surface area contributed by atoms with Crippen LogP contribution in [0, 0.1) is 0 Å². The summed E-state index contributed by atoms with van der Waals surface area (Å²) in [6.45, 7) is 4.03. The Kier molecular flexibility index (Phi) is 5.27. The second kappa shape index (κ2) is 6.06. The number of rotatable bonds is 5. The van der Waals surface area contributed by atoms with E-state index < -0.39 is 12.3 Å². The molecule has 0 aromatic carbocycles. The molecule has 0 aliphatic heterocycles. The molecule has 1 heterocycles. The SMILES string of the molecule is CC(C)c1nc(CSCC(O)C(F)(F)F)cs1. The van der Waals surface area contributed by atoms with Crippen molar-refractivity contribution < 1.29 is 18.3 Å². The number of alkyl halides is 3. The summed E-state index contributed by atoms with van der Waals surface area (Å²) in [5, 5.41) is 11.6. The van der Waals surface area contributed by atoms with E-state index in [0.717, 1.165) is 22.5 Å². The van der Waals surface area contributed by atoms with Crippen molar-refractivity contribution in [3.8, 4) is 0 Å². The van der Waals surface area contributed by atoms with Crippen LogP contribution in [0.1, 0.15) is 30.5 Å². The maximum absolute atomic E-state index is 12.0. The van der Waals surface area contributed by atoms with E-state index in [9.17, 15) is 13.2 Å². The summed E-state index contributed by atoms with van der Waals surface area (Å²) in [7, 11) is 0. The summed E-state index contributed by atoms with van der Waals surface area (Å²) in [4.78, 5) is 4.30. The minimum absolute atomic E-state index is 0.333. The standard InChI is InChI=1S/C10H14F3NOS2/c1-6(2)9-14-7(4-17-9)3-16-5-8(15)10(11,12)13/h4,6,8,15H,3,5H2,1-2H3. The Morgan fingerprint density at radius 3 is 2.59 bits per heavy atom. The third-order valence-corrected chi connectivity index (χ3v) is 4.21. The fourth-order valence-corrected chi connectivity index (χ4v) is 2.85. The van der Waals surface area contributed by atoms with Crippen LogP contribution in [0.4, 0.5) is 13.2 Å². The summed E-state index contributed by atoms with van der Waals surface area (Å²) in [5.41, 5.74) is 0.776. The molecule has 0 amide bonds. The number of thiazole rings is 1. The topological polar surface area (TPSA) is 33.1 Å². The molecule has 0 saturated heterocycles. The summed E-state index contributed by atoms with van der Waals surface area (Å²) in [6, 6.07) is 0. The zero-order valence-electron chi connectivity index (χ0n) is 9.49. The normalized spacial score (nSPS) is 14.3. The predicted octanol–water partition coefficient (Wildman–Crippen LogP) is 3.42. The quantitative estimate of drug-likeness (QED) is 0.900. The first kappa shape index (κ1) is 14.8. The van der Waals surface area contributed by atoms with Gasteiger partial charge in [0.25, 0.3) is 0 Å². The average Bonchev–Trinajstić information content (AvgIpc) is 2.64. The van der Waals surface area contributed by atoms with Crippen LogP contribution in [0.25, 0.3) is 0 Å². The third-order valence-electron chi connectivity index (χ3n) is 1.97. The van der Waals surface area contributed by atoms with Gasteiger partial charge in [0.05, 0.1) is 10.7 Å². The van der Waals surface area contributed by atoms with Gasteiger partial charge < -0.3 is 5.11 Å². The lowest BCUT2D eigenvalue weighted by Gasteiger charge is -2.13. The Labute approximate surface area is 106 Å². The van der Waals surface area contributed by atoms with Gasteiger partial charge in [-0.2, -0.15) is 24.9 Å². The van der Waals surface area contributed by atoms with Gasteiger partial charge in [0.2, 0.25) is 0 Å². The van der Waals surface area contributed by atoms with E-state index in [2.05, 4.69) is 4.98 Å². The van der Waals surface area contributed by atoms with Gasteiger partial charge >= 0.3 is 6.18 Å². The smallest absolute Gasteiger partial charge is 0.383 e. The van der Waals surface area contributed by atoms with E-state index in [0.29, 0.717) is 11.7 Å². The van der Waals surface area contributed by atoms with Gasteiger partial charge in [0.1, 0.15) is 0 Å². The molecule has 0 spiro atoms.